The third kappa shape index (κ3) is 8.65. The highest BCUT2D eigenvalue weighted by molar-refractivity contribution is 7.70. The van der Waals surface area contributed by atoms with Gasteiger partial charge in [0, 0.05) is 0 Å². The van der Waals surface area contributed by atoms with Crippen LogP contribution in [0.25, 0.3) is 0 Å². The van der Waals surface area contributed by atoms with Crippen LogP contribution in [0.3, 0.4) is 0 Å². The fourth-order valence-electron chi connectivity index (χ4n) is 9.61. The Morgan fingerprint density at radius 2 is 0.558 bits per heavy atom. The van der Waals surface area contributed by atoms with Gasteiger partial charge in [-0.3, -0.25) is 0 Å². The van der Waals surface area contributed by atoms with Crippen molar-refractivity contribution in [2.45, 2.75) is 235 Å². The zero-order valence-electron chi connectivity index (χ0n) is 39.8. The van der Waals surface area contributed by atoms with Crippen LogP contribution in [-0.4, -0.2) is 30.0 Å². The van der Waals surface area contributed by atoms with Crippen LogP contribution in [0.5, 0.6) is 0 Å². The van der Waals surface area contributed by atoms with Gasteiger partial charge in [-0.05, 0) is 106 Å². The van der Waals surface area contributed by atoms with E-state index in [-0.39, 0.29) is 20.2 Å². The fourth-order valence-corrected chi connectivity index (χ4v) is 90.2. The highest BCUT2D eigenvalue weighted by Crippen LogP contribution is 2.59. The van der Waals surface area contributed by atoms with E-state index < -0.39 is 30.0 Å². The normalized spacial score (nSPS) is 14.2. The zero-order valence-corrected chi connectivity index (χ0v) is 43.8. The van der Waals surface area contributed by atoms with Crippen LogP contribution in [-0.2, 0) is 0 Å². The molecule has 0 saturated carbocycles. The lowest BCUT2D eigenvalue weighted by molar-refractivity contribution is 0.627. The Bertz CT molecular complexity index is 1380. The van der Waals surface area contributed by atoms with Crippen molar-refractivity contribution >= 4 is 40.4 Å². The monoisotopic (exact) mass is 777 g/mol. The predicted molar refractivity (Wildman–Crippen MR) is 250 cm³/mol. The standard InChI is InChI=1S/C48H88Si4/c1-31(2)37-27-39(33(5)6)43(40(28-37)34(7)8)49(44-41(35(9)10)29-38(32(3)4)30-42(44)36(11)12)50(51(25,45(13,14)15)46(16,17)18)52(26,47(19,20)21)48(22,23)24/h27-36H,1-26H3. The molecule has 0 aliphatic heterocycles. The number of hydrogen-bond acceptors (Lipinski definition) is 0. The molecular weight excluding hydrogens is 689 g/mol. The topological polar surface area (TPSA) is 0 Å². The van der Waals surface area contributed by atoms with Gasteiger partial charge in [-0.1, -0.05) is 204 Å². The van der Waals surface area contributed by atoms with Crippen LogP contribution in [0.2, 0.25) is 33.2 Å². The summed E-state index contributed by atoms with van der Waals surface area (Å²) < 4.78 is 0. The van der Waals surface area contributed by atoms with Gasteiger partial charge in [0.2, 0.25) is 0 Å². The molecule has 2 aromatic carbocycles. The molecule has 0 spiro atoms. The van der Waals surface area contributed by atoms with Crippen LogP contribution in [0.4, 0.5) is 0 Å². The SMILES string of the molecule is CC(C)c1cc(C(C)C)c([Si](c2c(C(C)C)cc(C(C)C)cc2C(C)C)=[Si]([Si](C)(C(C)(C)C)C(C)(C)C)[Si](C)(C(C)(C)C)C(C)(C)C)c(C(C)C)c1. The predicted octanol–water partition coefficient (Wildman–Crippen LogP) is 15.1. The summed E-state index contributed by atoms with van der Waals surface area (Å²) in [7, 11) is -5.65. The zero-order chi connectivity index (χ0) is 41.1. The van der Waals surface area contributed by atoms with Crippen LogP contribution >= 0.6 is 0 Å². The van der Waals surface area contributed by atoms with Gasteiger partial charge in [-0.25, -0.2) is 0 Å². The van der Waals surface area contributed by atoms with Crippen molar-refractivity contribution in [1.29, 1.82) is 0 Å². The van der Waals surface area contributed by atoms with Crippen LogP contribution in [0.15, 0.2) is 24.3 Å². The molecular formula is C48H88Si4. The van der Waals surface area contributed by atoms with Gasteiger partial charge in [0.15, 0.2) is 0 Å². The van der Waals surface area contributed by atoms with E-state index in [1.165, 1.54) is 11.1 Å². The van der Waals surface area contributed by atoms with E-state index in [1.54, 1.807) is 22.3 Å². The van der Waals surface area contributed by atoms with Crippen molar-refractivity contribution in [2.24, 2.45) is 0 Å². The van der Waals surface area contributed by atoms with Gasteiger partial charge < -0.3 is 0 Å². The molecule has 2 aromatic rings. The highest BCUT2D eigenvalue weighted by atomic mass is 29.8. The second-order valence-electron chi connectivity index (χ2n) is 23.1. The van der Waals surface area contributed by atoms with Crippen molar-refractivity contribution in [3.8, 4) is 0 Å². The first-order valence-corrected chi connectivity index (χ1v) is 32.2. The second-order valence-corrected chi connectivity index (χ2v) is 52.6. The lowest BCUT2D eigenvalue weighted by Gasteiger charge is -2.62. The summed E-state index contributed by atoms with van der Waals surface area (Å²) in [4.78, 5) is 0. The first kappa shape index (κ1) is 47.5. The molecule has 0 unspecified atom stereocenters. The Morgan fingerprint density at radius 1 is 0.365 bits per heavy atom. The van der Waals surface area contributed by atoms with Crippen molar-refractivity contribution in [1.82, 2.24) is 0 Å². The molecule has 0 radical (unpaired) electrons. The Labute approximate surface area is 331 Å². The summed E-state index contributed by atoms with van der Waals surface area (Å²) in [5.74, 6) is 2.93. The molecule has 0 aliphatic rings. The smallest absolute Gasteiger partial charge is 0.0651 e. The minimum absolute atomic E-state index is 0.252. The van der Waals surface area contributed by atoms with Gasteiger partial charge in [0.05, 0.1) is 23.1 Å². The average molecular weight is 778 g/mol. The summed E-state index contributed by atoms with van der Waals surface area (Å²) in [6, 6.07) is 10.9. The van der Waals surface area contributed by atoms with Gasteiger partial charge in [-0.2, -0.15) is 0 Å². The third-order valence-electron chi connectivity index (χ3n) is 14.0. The molecule has 0 aromatic heterocycles. The van der Waals surface area contributed by atoms with Crippen molar-refractivity contribution < 1.29 is 0 Å². The lowest BCUT2D eigenvalue weighted by atomic mass is 9.89. The summed E-state index contributed by atoms with van der Waals surface area (Å²) in [6.45, 7) is 66.9. The van der Waals surface area contributed by atoms with Gasteiger partial charge >= 0.3 is 0 Å². The molecule has 0 saturated heterocycles. The Hall–Kier alpha value is -0.692. The van der Waals surface area contributed by atoms with E-state index in [2.05, 4.69) is 204 Å². The van der Waals surface area contributed by atoms with E-state index in [4.69, 9.17) is 0 Å². The van der Waals surface area contributed by atoms with Crippen molar-refractivity contribution in [3.05, 3.63) is 57.6 Å². The largest absolute Gasteiger partial charge is 0.0684 e. The molecule has 0 fully saturated rings. The molecule has 0 amide bonds. The number of benzene rings is 2. The van der Waals surface area contributed by atoms with Crippen LogP contribution < -0.4 is 10.4 Å². The third-order valence-corrected chi connectivity index (χ3v) is 71.2. The molecule has 0 atom stereocenters. The minimum atomic E-state index is -2.16. The highest BCUT2D eigenvalue weighted by Gasteiger charge is 2.63. The Kier molecular flexibility index (Phi) is 14.6. The maximum atomic E-state index is 2.97. The molecule has 0 N–H and O–H groups in total. The molecule has 296 valence electrons. The van der Waals surface area contributed by atoms with E-state index >= 15 is 0 Å². The lowest BCUT2D eigenvalue weighted by Crippen LogP contribution is -2.77. The maximum Gasteiger partial charge on any atom is 0.0651 e. The molecule has 0 nitrogen and oxygen atoms in total. The summed E-state index contributed by atoms with van der Waals surface area (Å²) in [6.07, 6.45) is 0. The van der Waals surface area contributed by atoms with Gasteiger partial charge in [-0.15, -0.1) is 0 Å². The van der Waals surface area contributed by atoms with Gasteiger partial charge in [0.1, 0.15) is 0 Å². The minimum Gasteiger partial charge on any atom is -0.0684 e. The summed E-state index contributed by atoms with van der Waals surface area (Å²) in [5.41, 5.74) is 9.80. The van der Waals surface area contributed by atoms with Crippen molar-refractivity contribution in [2.75, 3.05) is 0 Å². The number of rotatable bonds is 10. The van der Waals surface area contributed by atoms with E-state index in [0.29, 0.717) is 35.5 Å². The van der Waals surface area contributed by atoms with Crippen molar-refractivity contribution in [3.63, 3.8) is 0 Å². The van der Waals surface area contributed by atoms with E-state index in [9.17, 15) is 0 Å². The van der Waals surface area contributed by atoms with E-state index in [0.717, 1.165) is 0 Å². The van der Waals surface area contributed by atoms with Gasteiger partial charge in [0.25, 0.3) is 0 Å². The summed E-state index contributed by atoms with van der Waals surface area (Å²) >= 11 is 0. The number of hydrogen-bond donors (Lipinski definition) is 0. The van der Waals surface area contributed by atoms with Crippen LogP contribution in [0, 0.1) is 0 Å². The first-order chi connectivity index (χ1) is 23.1. The molecule has 4 heteroatoms. The maximum absolute atomic E-state index is 2.97. The molecule has 0 heterocycles. The van der Waals surface area contributed by atoms with Crippen LogP contribution in [0.1, 0.15) is 235 Å². The first-order valence-electron chi connectivity index (χ1n) is 21.2. The Balaban J connectivity index is 4.09. The fraction of sp³-hybridized carbons (Fsp3) is 0.750. The quantitative estimate of drug-likeness (QED) is 0.211. The molecule has 52 heavy (non-hydrogen) atoms. The van der Waals surface area contributed by atoms with E-state index in [1.807, 2.05) is 10.4 Å². The average Bonchev–Trinajstić information content (AvgIpc) is 2.95. The Morgan fingerprint density at radius 3 is 0.692 bits per heavy atom. The molecule has 0 bridgehead atoms. The molecule has 2 rings (SSSR count). The summed E-state index contributed by atoms with van der Waals surface area (Å²) in [5, 5.41) is 4.72. The second kappa shape index (κ2) is 16.0. The molecule has 0 aliphatic carbocycles.